The number of rotatable bonds is 9. The summed E-state index contributed by atoms with van der Waals surface area (Å²) < 4.78 is 21.1. The summed E-state index contributed by atoms with van der Waals surface area (Å²) in [4.78, 5) is 24.9. The fourth-order valence-electron chi connectivity index (χ4n) is 5.73. The molecule has 43 heavy (non-hydrogen) atoms. The van der Waals surface area contributed by atoms with Gasteiger partial charge in [-0.2, -0.15) is 0 Å². The Bertz CT molecular complexity index is 1820. The van der Waals surface area contributed by atoms with Crippen LogP contribution in [0.3, 0.4) is 0 Å². The van der Waals surface area contributed by atoms with Crippen LogP contribution in [0.15, 0.2) is 73.2 Å². The minimum atomic E-state index is -0.376. The van der Waals surface area contributed by atoms with E-state index in [1.165, 1.54) is 13.2 Å². The van der Waals surface area contributed by atoms with Crippen molar-refractivity contribution in [2.45, 2.75) is 32.7 Å². The molecule has 2 heterocycles. The number of Topliss-reactive ketones (excluding diaryl/α,β-unsaturated/α-hetero) is 1. The highest BCUT2D eigenvalue weighted by Crippen LogP contribution is 2.41. The summed E-state index contributed by atoms with van der Waals surface area (Å²) in [7, 11) is 1.54. The molecule has 0 aliphatic heterocycles. The number of nitrogens with zero attached hydrogens (tertiary/aromatic N) is 3. The van der Waals surface area contributed by atoms with E-state index in [2.05, 4.69) is 25.6 Å². The van der Waals surface area contributed by atoms with E-state index in [0.29, 0.717) is 76.4 Å². The average molecular weight is 596 g/mol. The van der Waals surface area contributed by atoms with Crippen LogP contribution in [0.25, 0.3) is 33.3 Å². The van der Waals surface area contributed by atoms with E-state index in [1.54, 1.807) is 18.6 Å². The number of aromatic nitrogens is 3. The number of methoxy groups -OCH3 is 1. The van der Waals surface area contributed by atoms with Gasteiger partial charge in [0.25, 0.3) is 0 Å². The molecule has 0 amide bonds. The van der Waals surface area contributed by atoms with Gasteiger partial charge >= 0.3 is 0 Å². The molecule has 6 rings (SSSR count). The number of nitrogens with one attached hydrogen (secondary N) is 2. The predicted octanol–water partition coefficient (Wildman–Crippen LogP) is 7.67. The number of carbonyl (C=O) groups is 1. The number of ether oxygens (including phenoxy) is 1. The summed E-state index contributed by atoms with van der Waals surface area (Å²) in [6.45, 7) is 2.99. The molecule has 1 aliphatic carbocycles. The highest BCUT2D eigenvalue weighted by molar-refractivity contribution is 6.36. The normalized spacial score (nSPS) is 14.8. The quantitative estimate of drug-likeness (QED) is 0.181. The molecule has 3 aromatic carbocycles. The Kier molecular flexibility index (Phi) is 8.31. The number of hydrogen-bond donors (Lipinski definition) is 2. The third-order valence-electron chi connectivity index (χ3n) is 8.03. The summed E-state index contributed by atoms with van der Waals surface area (Å²) in [6, 6.07) is 16.8. The lowest BCUT2D eigenvalue weighted by Gasteiger charge is -2.17. The van der Waals surface area contributed by atoms with Gasteiger partial charge in [-0.1, -0.05) is 41.9 Å². The second kappa shape index (κ2) is 12.5. The molecule has 1 aliphatic rings. The van der Waals surface area contributed by atoms with Gasteiger partial charge < -0.3 is 15.4 Å². The van der Waals surface area contributed by atoms with E-state index in [9.17, 15) is 4.79 Å². The van der Waals surface area contributed by atoms with Crippen LogP contribution in [0, 0.1) is 18.7 Å². The summed E-state index contributed by atoms with van der Waals surface area (Å²) in [5.41, 5.74) is 6.78. The maximum absolute atomic E-state index is 15.5. The maximum Gasteiger partial charge on any atom is 0.158 e. The topological polar surface area (TPSA) is 89.0 Å². The van der Waals surface area contributed by atoms with Crippen molar-refractivity contribution in [2.75, 3.05) is 19.0 Å². The first-order chi connectivity index (χ1) is 20.9. The minimum Gasteiger partial charge on any atom is -0.496 e. The van der Waals surface area contributed by atoms with E-state index in [1.807, 2.05) is 55.5 Å². The van der Waals surface area contributed by atoms with Crippen LogP contribution in [0.4, 0.5) is 15.9 Å². The zero-order valence-corrected chi connectivity index (χ0v) is 24.7. The van der Waals surface area contributed by atoms with Crippen LogP contribution in [0.1, 0.15) is 30.4 Å². The zero-order valence-electron chi connectivity index (χ0n) is 24.0. The Hall–Kier alpha value is -4.40. The molecule has 1 atom stereocenters. The Labute approximate surface area is 254 Å². The van der Waals surface area contributed by atoms with Gasteiger partial charge in [0.15, 0.2) is 5.82 Å². The summed E-state index contributed by atoms with van der Waals surface area (Å²) in [5, 5.41) is 7.22. The van der Waals surface area contributed by atoms with E-state index in [4.69, 9.17) is 16.3 Å². The van der Waals surface area contributed by atoms with Crippen LogP contribution >= 0.6 is 11.6 Å². The van der Waals surface area contributed by atoms with Gasteiger partial charge in [0.05, 0.1) is 17.6 Å². The Morgan fingerprint density at radius 2 is 1.79 bits per heavy atom. The standard InChI is InChI=1S/C34H31ClFN5O2/c1-20-24(5-4-8-29(20)41-34-33-30(11-12-40-34)38-13-14-39-33)26-7-3-6-25(32(26)35)22-16-28(36)27(31(17-22)43-2)19-37-18-21-9-10-23(42)15-21/h3-8,11-14,16-17,21,37H,9-10,15,18-19H2,1-2H3,(H,40,41)/t21-/m1/s1. The van der Waals surface area contributed by atoms with Gasteiger partial charge in [0, 0.05) is 60.4 Å². The van der Waals surface area contributed by atoms with Crippen molar-refractivity contribution in [1.82, 2.24) is 20.3 Å². The summed E-state index contributed by atoms with van der Waals surface area (Å²) in [6.07, 6.45) is 7.10. The van der Waals surface area contributed by atoms with Crippen molar-refractivity contribution < 1.29 is 13.9 Å². The molecule has 9 heteroatoms. The van der Waals surface area contributed by atoms with Crippen molar-refractivity contribution in [1.29, 1.82) is 0 Å². The van der Waals surface area contributed by atoms with Gasteiger partial charge in [-0.25, -0.2) is 14.4 Å². The third-order valence-corrected chi connectivity index (χ3v) is 8.44. The number of anilines is 2. The predicted molar refractivity (Wildman–Crippen MR) is 168 cm³/mol. The Morgan fingerprint density at radius 3 is 2.60 bits per heavy atom. The van der Waals surface area contributed by atoms with Gasteiger partial charge in [0.2, 0.25) is 0 Å². The lowest BCUT2D eigenvalue weighted by atomic mass is 9.94. The second-order valence-electron chi connectivity index (χ2n) is 10.8. The van der Waals surface area contributed by atoms with Crippen LogP contribution in [0.5, 0.6) is 5.75 Å². The molecule has 0 unspecified atom stereocenters. The number of hydrogen-bond acceptors (Lipinski definition) is 7. The highest BCUT2D eigenvalue weighted by Gasteiger charge is 2.22. The largest absolute Gasteiger partial charge is 0.496 e. The number of pyridine rings is 1. The molecule has 0 spiro atoms. The van der Waals surface area contributed by atoms with E-state index in [-0.39, 0.29) is 5.82 Å². The van der Waals surface area contributed by atoms with Crippen molar-refractivity contribution >= 4 is 39.9 Å². The number of halogens is 2. The summed E-state index contributed by atoms with van der Waals surface area (Å²) >= 11 is 7.04. The maximum atomic E-state index is 15.5. The fraction of sp³-hybridized carbons (Fsp3) is 0.235. The molecule has 2 N–H and O–H groups in total. The first kappa shape index (κ1) is 28.7. The lowest BCUT2D eigenvalue weighted by molar-refractivity contribution is -0.117. The molecule has 0 saturated heterocycles. The molecular weight excluding hydrogens is 565 g/mol. The molecule has 0 bridgehead atoms. The lowest BCUT2D eigenvalue weighted by Crippen LogP contribution is -2.22. The first-order valence-electron chi connectivity index (χ1n) is 14.2. The van der Waals surface area contributed by atoms with Crippen LogP contribution in [-0.2, 0) is 11.3 Å². The average Bonchev–Trinajstić information content (AvgIpc) is 3.44. The molecular formula is C34H31ClFN5O2. The third kappa shape index (κ3) is 5.94. The van der Waals surface area contributed by atoms with E-state index < -0.39 is 0 Å². The Balaban J connectivity index is 1.29. The Morgan fingerprint density at radius 1 is 1.00 bits per heavy atom. The van der Waals surface area contributed by atoms with Crippen molar-refractivity contribution in [3.05, 3.63) is 95.2 Å². The molecule has 2 aromatic heterocycles. The number of fused-ring (bicyclic) bond motifs is 1. The van der Waals surface area contributed by atoms with Crippen molar-refractivity contribution in [3.8, 4) is 28.0 Å². The van der Waals surface area contributed by atoms with Gasteiger partial charge in [-0.3, -0.25) is 9.78 Å². The molecule has 5 aromatic rings. The zero-order chi connectivity index (χ0) is 29.9. The SMILES string of the molecule is COc1cc(-c2cccc(-c3cccc(Nc4nccc5nccnc45)c3C)c2Cl)cc(F)c1CNC[C@@H]1CCC(=O)C1. The van der Waals surface area contributed by atoms with E-state index in [0.717, 1.165) is 34.3 Å². The molecule has 218 valence electrons. The second-order valence-corrected chi connectivity index (χ2v) is 11.1. The number of ketones is 1. The van der Waals surface area contributed by atoms with Crippen molar-refractivity contribution in [2.24, 2.45) is 5.92 Å². The van der Waals surface area contributed by atoms with Crippen LogP contribution < -0.4 is 15.4 Å². The molecule has 7 nitrogen and oxygen atoms in total. The molecule has 1 saturated carbocycles. The molecule has 1 fully saturated rings. The van der Waals surface area contributed by atoms with Gasteiger partial charge in [-0.15, -0.1) is 0 Å². The first-order valence-corrected chi connectivity index (χ1v) is 14.6. The van der Waals surface area contributed by atoms with Gasteiger partial charge in [-0.05, 0) is 66.8 Å². The fourth-order valence-corrected chi connectivity index (χ4v) is 6.07. The summed E-state index contributed by atoms with van der Waals surface area (Å²) in [5.74, 6) is 1.28. The van der Waals surface area contributed by atoms with Crippen LogP contribution in [-0.4, -0.2) is 34.4 Å². The smallest absolute Gasteiger partial charge is 0.158 e. The van der Waals surface area contributed by atoms with Crippen LogP contribution in [0.2, 0.25) is 5.02 Å². The minimum absolute atomic E-state index is 0.300. The van der Waals surface area contributed by atoms with Crippen molar-refractivity contribution in [3.63, 3.8) is 0 Å². The highest BCUT2D eigenvalue weighted by atomic mass is 35.5. The van der Waals surface area contributed by atoms with Gasteiger partial charge in [0.1, 0.15) is 22.9 Å². The number of carbonyl (C=O) groups excluding carboxylic acids is 1. The monoisotopic (exact) mass is 595 g/mol. The number of benzene rings is 3. The molecule has 0 radical (unpaired) electrons. The van der Waals surface area contributed by atoms with E-state index >= 15 is 4.39 Å².